The molecule has 3 rings (SSSR count). The minimum absolute atomic E-state index is 0.189. The number of ether oxygens (including phenoxy) is 1. The summed E-state index contributed by atoms with van der Waals surface area (Å²) >= 11 is 0. The minimum Gasteiger partial charge on any atom is -0.481 e. The summed E-state index contributed by atoms with van der Waals surface area (Å²) in [6.45, 7) is 4.83. The Kier molecular flexibility index (Phi) is 5.11. The fourth-order valence-corrected chi connectivity index (χ4v) is 3.45. The molecule has 5 nitrogen and oxygen atoms in total. The number of nitrogens with zero attached hydrogens (tertiary/aromatic N) is 3. The molecule has 0 amide bonds. The first-order valence-electron chi connectivity index (χ1n) is 8.86. The molecule has 3 aromatic rings. The number of benzene rings is 1. The van der Waals surface area contributed by atoms with Crippen LogP contribution in [0.1, 0.15) is 26.7 Å². The third-order valence-corrected chi connectivity index (χ3v) is 4.77. The Bertz CT molecular complexity index is 991. The molecule has 2 aromatic heterocycles. The number of halogens is 1. The molecule has 0 saturated carbocycles. The molecule has 0 bridgehead atoms. The largest absolute Gasteiger partial charge is 0.481 e. The van der Waals surface area contributed by atoms with Crippen LogP contribution in [0, 0.1) is 11.7 Å². The van der Waals surface area contributed by atoms with Crippen molar-refractivity contribution in [1.82, 2.24) is 14.1 Å². The zero-order chi connectivity index (χ0) is 18.8. The molecule has 138 valence electrons. The van der Waals surface area contributed by atoms with E-state index in [1.54, 1.807) is 36.0 Å². The monoisotopic (exact) mass is 357 g/mol. The van der Waals surface area contributed by atoms with Crippen molar-refractivity contribution >= 4 is 11.0 Å². The predicted octanol–water partition coefficient (Wildman–Crippen LogP) is 3.99. The average molecular weight is 357 g/mol. The number of hydrogen-bond donors (Lipinski definition) is 0. The summed E-state index contributed by atoms with van der Waals surface area (Å²) in [5.74, 6) is 0.370. The van der Waals surface area contributed by atoms with Crippen molar-refractivity contribution < 1.29 is 9.13 Å². The Balaban J connectivity index is 2.15. The number of rotatable bonds is 6. The highest BCUT2D eigenvalue weighted by molar-refractivity contribution is 5.84. The number of pyridine rings is 1. The lowest BCUT2D eigenvalue weighted by molar-refractivity contribution is 0.398. The van der Waals surface area contributed by atoms with Crippen LogP contribution in [-0.4, -0.2) is 21.2 Å². The zero-order valence-electron chi connectivity index (χ0n) is 15.6. The Labute approximate surface area is 152 Å². The van der Waals surface area contributed by atoms with Crippen LogP contribution in [0.4, 0.5) is 4.39 Å². The summed E-state index contributed by atoms with van der Waals surface area (Å²) in [4.78, 5) is 16.7. The van der Waals surface area contributed by atoms with Crippen molar-refractivity contribution in [2.45, 2.75) is 33.2 Å². The van der Waals surface area contributed by atoms with Gasteiger partial charge in [-0.1, -0.05) is 20.3 Å². The number of imidazole rings is 1. The van der Waals surface area contributed by atoms with Crippen molar-refractivity contribution in [3.05, 3.63) is 46.8 Å². The number of methoxy groups -OCH3 is 1. The lowest BCUT2D eigenvalue weighted by Gasteiger charge is -2.11. The first-order chi connectivity index (χ1) is 12.5. The zero-order valence-corrected chi connectivity index (χ0v) is 15.6. The number of aryl methyl sites for hydroxylation is 1. The maximum Gasteiger partial charge on any atom is 0.328 e. The van der Waals surface area contributed by atoms with Crippen molar-refractivity contribution in [3.63, 3.8) is 0 Å². The van der Waals surface area contributed by atoms with E-state index in [1.165, 1.54) is 11.7 Å². The van der Waals surface area contributed by atoms with E-state index in [0.29, 0.717) is 40.5 Å². The standard InChI is InChI=1S/C20H24FN3O2/c1-5-6-13(2)12-24-16-8-7-15(14-9-10-22-17(11-14)26-4)18(21)19(16)23(3)20(24)25/h7-11,13H,5-6,12H2,1-4H3. The Morgan fingerprint density at radius 1 is 1.31 bits per heavy atom. The average Bonchev–Trinajstić information content (AvgIpc) is 2.87. The highest BCUT2D eigenvalue weighted by Gasteiger charge is 2.19. The summed E-state index contributed by atoms with van der Waals surface area (Å²) in [7, 11) is 3.14. The Morgan fingerprint density at radius 2 is 2.08 bits per heavy atom. The van der Waals surface area contributed by atoms with Crippen LogP contribution in [0.5, 0.6) is 5.88 Å². The van der Waals surface area contributed by atoms with Gasteiger partial charge in [0.15, 0.2) is 5.82 Å². The van der Waals surface area contributed by atoms with E-state index in [-0.39, 0.29) is 5.69 Å². The van der Waals surface area contributed by atoms with Crippen molar-refractivity contribution in [3.8, 4) is 17.0 Å². The molecular weight excluding hydrogens is 333 g/mol. The lowest BCUT2D eigenvalue weighted by atomic mass is 10.0. The van der Waals surface area contributed by atoms with Crippen LogP contribution in [0.25, 0.3) is 22.2 Å². The van der Waals surface area contributed by atoms with Gasteiger partial charge in [-0.25, -0.2) is 14.2 Å². The van der Waals surface area contributed by atoms with Gasteiger partial charge >= 0.3 is 5.69 Å². The molecule has 0 aliphatic carbocycles. The lowest BCUT2D eigenvalue weighted by Crippen LogP contribution is -2.24. The Morgan fingerprint density at radius 3 is 2.77 bits per heavy atom. The summed E-state index contributed by atoms with van der Waals surface area (Å²) in [5.41, 5.74) is 1.85. The number of fused-ring (bicyclic) bond motifs is 1. The van der Waals surface area contributed by atoms with E-state index in [4.69, 9.17) is 4.74 Å². The summed E-state index contributed by atoms with van der Waals surface area (Å²) in [5, 5.41) is 0. The van der Waals surface area contributed by atoms with Crippen LogP contribution in [-0.2, 0) is 13.6 Å². The van der Waals surface area contributed by atoms with Gasteiger partial charge in [-0.3, -0.25) is 9.13 Å². The molecule has 0 fully saturated rings. The van der Waals surface area contributed by atoms with E-state index < -0.39 is 5.82 Å². The molecule has 0 radical (unpaired) electrons. The molecule has 0 aliphatic heterocycles. The highest BCUT2D eigenvalue weighted by atomic mass is 19.1. The second kappa shape index (κ2) is 7.32. The van der Waals surface area contributed by atoms with Gasteiger partial charge in [0.25, 0.3) is 0 Å². The molecule has 1 aromatic carbocycles. The molecule has 0 spiro atoms. The maximum absolute atomic E-state index is 15.3. The molecule has 0 N–H and O–H groups in total. The number of hydrogen-bond acceptors (Lipinski definition) is 3. The van der Waals surface area contributed by atoms with Gasteiger partial charge < -0.3 is 4.74 Å². The van der Waals surface area contributed by atoms with Crippen molar-refractivity contribution in [1.29, 1.82) is 0 Å². The van der Waals surface area contributed by atoms with Crippen LogP contribution in [0.3, 0.4) is 0 Å². The molecule has 2 heterocycles. The predicted molar refractivity (Wildman–Crippen MR) is 101 cm³/mol. The fourth-order valence-electron chi connectivity index (χ4n) is 3.45. The van der Waals surface area contributed by atoms with E-state index in [1.807, 2.05) is 6.07 Å². The van der Waals surface area contributed by atoms with Gasteiger partial charge in [-0.15, -0.1) is 0 Å². The quantitative estimate of drug-likeness (QED) is 0.670. The molecule has 26 heavy (non-hydrogen) atoms. The SMILES string of the molecule is CCCC(C)Cn1c(=O)n(C)c2c(F)c(-c3ccnc(OC)c3)ccc21. The smallest absolute Gasteiger partial charge is 0.328 e. The second-order valence-corrected chi connectivity index (χ2v) is 6.73. The van der Waals surface area contributed by atoms with Crippen LogP contribution in [0.2, 0.25) is 0 Å². The van der Waals surface area contributed by atoms with E-state index >= 15 is 4.39 Å². The summed E-state index contributed by atoms with van der Waals surface area (Å²) in [6.07, 6.45) is 3.66. The minimum atomic E-state index is -0.405. The first kappa shape index (κ1) is 18.2. The number of aromatic nitrogens is 3. The maximum atomic E-state index is 15.3. The molecule has 6 heteroatoms. The van der Waals surface area contributed by atoms with Crippen LogP contribution in [0.15, 0.2) is 35.3 Å². The Hall–Kier alpha value is -2.63. The molecule has 0 saturated heterocycles. The third-order valence-electron chi connectivity index (χ3n) is 4.77. The van der Waals surface area contributed by atoms with E-state index in [9.17, 15) is 4.79 Å². The van der Waals surface area contributed by atoms with Gasteiger partial charge in [0, 0.05) is 31.4 Å². The molecular formula is C20H24FN3O2. The van der Waals surface area contributed by atoms with Crippen molar-refractivity contribution in [2.24, 2.45) is 13.0 Å². The van der Waals surface area contributed by atoms with E-state index in [2.05, 4.69) is 18.8 Å². The van der Waals surface area contributed by atoms with Crippen LogP contribution >= 0.6 is 0 Å². The fraction of sp³-hybridized carbons (Fsp3) is 0.400. The van der Waals surface area contributed by atoms with Gasteiger partial charge in [-0.2, -0.15) is 0 Å². The van der Waals surface area contributed by atoms with Gasteiger partial charge in [-0.05, 0) is 36.1 Å². The van der Waals surface area contributed by atoms with Gasteiger partial charge in [0.1, 0.15) is 5.52 Å². The van der Waals surface area contributed by atoms with Crippen molar-refractivity contribution in [2.75, 3.05) is 7.11 Å². The van der Waals surface area contributed by atoms with Crippen LogP contribution < -0.4 is 10.4 Å². The molecule has 0 aliphatic rings. The van der Waals surface area contributed by atoms with Gasteiger partial charge in [0.05, 0.1) is 12.6 Å². The third kappa shape index (κ3) is 3.11. The topological polar surface area (TPSA) is 49.0 Å². The molecule has 1 atom stereocenters. The normalized spacial score (nSPS) is 12.5. The highest BCUT2D eigenvalue weighted by Crippen LogP contribution is 2.30. The summed E-state index contributed by atoms with van der Waals surface area (Å²) in [6, 6.07) is 6.95. The van der Waals surface area contributed by atoms with E-state index in [0.717, 1.165) is 12.8 Å². The first-order valence-corrected chi connectivity index (χ1v) is 8.86. The second-order valence-electron chi connectivity index (χ2n) is 6.73. The molecule has 1 unspecified atom stereocenters. The summed E-state index contributed by atoms with van der Waals surface area (Å²) < 4.78 is 23.5. The van der Waals surface area contributed by atoms with Gasteiger partial charge in [0.2, 0.25) is 5.88 Å².